The van der Waals surface area contributed by atoms with Gasteiger partial charge in [-0.15, -0.1) is 0 Å². The molecule has 0 fully saturated rings. The van der Waals surface area contributed by atoms with E-state index in [1.54, 1.807) is 13.2 Å². The zero-order valence-corrected chi connectivity index (χ0v) is 10.4. The lowest BCUT2D eigenvalue weighted by atomic mass is 10.0. The fourth-order valence-corrected chi connectivity index (χ4v) is 1.75. The molecular weight excluding hydrogens is 224 g/mol. The second kappa shape index (κ2) is 5.92. The number of para-hydroxylation sites is 1. The monoisotopic (exact) mass is 240 g/mol. The van der Waals surface area contributed by atoms with Crippen molar-refractivity contribution in [3.8, 4) is 22.6 Å². The van der Waals surface area contributed by atoms with Gasteiger partial charge < -0.3 is 9.47 Å². The summed E-state index contributed by atoms with van der Waals surface area (Å²) in [4.78, 5) is 0. The highest BCUT2D eigenvalue weighted by Gasteiger charge is 2.05. The summed E-state index contributed by atoms with van der Waals surface area (Å²) in [6.07, 6.45) is 1.74. The van der Waals surface area contributed by atoms with Crippen molar-refractivity contribution in [1.82, 2.24) is 0 Å². The SMILES string of the molecule is C=CCOc1ccccc1-c1ccc(OC)cc1. The van der Waals surface area contributed by atoms with Crippen molar-refractivity contribution in [2.45, 2.75) is 0 Å². The van der Waals surface area contributed by atoms with Gasteiger partial charge in [0.05, 0.1) is 7.11 Å². The maximum atomic E-state index is 5.65. The molecular formula is C16H16O2. The van der Waals surface area contributed by atoms with Gasteiger partial charge in [0.1, 0.15) is 18.1 Å². The maximum absolute atomic E-state index is 5.65. The van der Waals surface area contributed by atoms with Gasteiger partial charge in [0.25, 0.3) is 0 Å². The lowest BCUT2D eigenvalue weighted by molar-refractivity contribution is 0.364. The molecule has 2 rings (SSSR count). The molecule has 0 unspecified atom stereocenters. The van der Waals surface area contributed by atoms with E-state index in [1.807, 2.05) is 48.5 Å². The molecule has 92 valence electrons. The third kappa shape index (κ3) is 2.72. The van der Waals surface area contributed by atoms with E-state index in [2.05, 4.69) is 6.58 Å². The number of benzene rings is 2. The van der Waals surface area contributed by atoms with E-state index in [1.165, 1.54) is 0 Å². The molecule has 2 aromatic carbocycles. The molecule has 0 heterocycles. The van der Waals surface area contributed by atoms with Gasteiger partial charge in [-0.1, -0.05) is 43.0 Å². The van der Waals surface area contributed by atoms with E-state index in [9.17, 15) is 0 Å². The Bertz CT molecular complexity index is 515. The largest absolute Gasteiger partial charge is 0.497 e. The molecule has 0 aliphatic carbocycles. The van der Waals surface area contributed by atoms with Crippen molar-refractivity contribution < 1.29 is 9.47 Å². The highest BCUT2D eigenvalue weighted by atomic mass is 16.5. The number of methoxy groups -OCH3 is 1. The number of hydrogen-bond acceptors (Lipinski definition) is 2. The first-order valence-corrected chi connectivity index (χ1v) is 5.82. The second-order valence-corrected chi connectivity index (χ2v) is 3.82. The first-order valence-electron chi connectivity index (χ1n) is 5.82. The maximum Gasteiger partial charge on any atom is 0.127 e. The van der Waals surface area contributed by atoms with E-state index in [-0.39, 0.29) is 0 Å². The van der Waals surface area contributed by atoms with Crippen molar-refractivity contribution in [3.63, 3.8) is 0 Å². The Balaban J connectivity index is 2.33. The molecule has 0 spiro atoms. The minimum atomic E-state index is 0.507. The van der Waals surface area contributed by atoms with Crippen LogP contribution in [0.25, 0.3) is 11.1 Å². The summed E-state index contributed by atoms with van der Waals surface area (Å²) in [5.74, 6) is 1.71. The van der Waals surface area contributed by atoms with Crippen LogP contribution in [0.15, 0.2) is 61.2 Å². The molecule has 0 aliphatic rings. The highest BCUT2D eigenvalue weighted by molar-refractivity contribution is 5.70. The van der Waals surface area contributed by atoms with Crippen molar-refractivity contribution >= 4 is 0 Å². The fourth-order valence-electron chi connectivity index (χ4n) is 1.75. The highest BCUT2D eigenvalue weighted by Crippen LogP contribution is 2.30. The number of hydrogen-bond donors (Lipinski definition) is 0. The van der Waals surface area contributed by atoms with Crippen LogP contribution < -0.4 is 9.47 Å². The lowest BCUT2D eigenvalue weighted by Crippen LogP contribution is -1.94. The molecule has 2 aromatic rings. The van der Waals surface area contributed by atoms with Crippen LogP contribution in [0.5, 0.6) is 11.5 Å². The first-order chi connectivity index (χ1) is 8.85. The molecule has 0 aromatic heterocycles. The predicted molar refractivity (Wildman–Crippen MR) is 74.1 cm³/mol. The van der Waals surface area contributed by atoms with Gasteiger partial charge in [-0.05, 0) is 23.8 Å². The molecule has 0 bridgehead atoms. The molecule has 2 nitrogen and oxygen atoms in total. The van der Waals surface area contributed by atoms with Gasteiger partial charge in [0.2, 0.25) is 0 Å². The van der Waals surface area contributed by atoms with Gasteiger partial charge in [0.15, 0.2) is 0 Å². The van der Waals surface area contributed by atoms with Crippen LogP contribution in [0.3, 0.4) is 0 Å². The van der Waals surface area contributed by atoms with Gasteiger partial charge in [-0.3, -0.25) is 0 Å². The third-order valence-corrected chi connectivity index (χ3v) is 2.64. The minimum Gasteiger partial charge on any atom is -0.497 e. The van der Waals surface area contributed by atoms with E-state index in [0.29, 0.717) is 6.61 Å². The van der Waals surface area contributed by atoms with Crippen LogP contribution in [-0.2, 0) is 0 Å². The minimum absolute atomic E-state index is 0.507. The second-order valence-electron chi connectivity index (χ2n) is 3.82. The number of ether oxygens (including phenoxy) is 2. The summed E-state index contributed by atoms with van der Waals surface area (Å²) in [6.45, 7) is 4.17. The van der Waals surface area contributed by atoms with Crippen LogP contribution >= 0.6 is 0 Å². The molecule has 0 atom stereocenters. The molecule has 2 heteroatoms. The summed E-state index contributed by atoms with van der Waals surface area (Å²) < 4.78 is 10.8. The molecule has 0 N–H and O–H groups in total. The Kier molecular flexibility index (Phi) is 4.02. The van der Waals surface area contributed by atoms with Gasteiger partial charge in [-0.2, -0.15) is 0 Å². The quantitative estimate of drug-likeness (QED) is 0.737. The summed E-state index contributed by atoms with van der Waals surface area (Å²) in [5, 5.41) is 0. The van der Waals surface area contributed by atoms with Crippen molar-refractivity contribution in [2.75, 3.05) is 13.7 Å². The fraction of sp³-hybridized carbons (Fsp3) is 0.125. The van der Waals surface area contributed by atoms with Gasteiger partial charge in [0, 0.05) is 5.56 Å². The van der Waals surface area contributed by atoms with Crippen LogP contribution in [0.1, 0.15) is 0 Å². The van der Waals surface area contributed by atoms with E-state index >= 15 is 0 Å². The van der Waals surface area contributed by atoms with Gasteiger partial charge in [-0.25, -0.2) is 0 Å². The summed E-state index contributed by atoms with van der Waals surface area (Å²) >= 11 is 0. The smallest absolute Gasteiger partial charge is 0.127 e. The van der Waals surface area contributed by atoms with Crippen LogP contribution in [0.4, 0.5) is 0 Å². The predicted octanol–water partition coefficient (Wildman–Crippen LogP) is 3.93. The van der Waals surface area contributed by atoms with E-state index < -0.39 is 0 Å². The van der Waals surface area contributed by atoms with Crippen LogP contribution in [0, 0.1) is 0 Å². The van der Waals surface area contributed by atoms with Crippen LogP contribution in [0.2, 0.25) is 0 Å². The average molecular weight is 240 g/mol. The van der Waals surface area contributed by atoms with E-state index in [0.717, 1.165) is 22.6 Å². The molecule has 0 aliphatic heterocycles. The summed E-state index contributed by atoms with van der Waals surface area (Å²) in [5.41, 5.74) is 2.18. The average Bonchev–Trinajstić information content (AvgIpc) is 2.45. The Morgan fingerprint density at radius 1 is 1.06 bits per heavy atom. The topological polar surface area (TPSA) is 18.5 Å². The molecule has 0 saturated carbocycles. The third-order valence-electron chi connectivity index (χ3n) is 2.64. The van der Waals surface area contributed by atoms with Crippen molar-refractivity contribution in [2.24, 2.45) is 0 Å². The number of rotatable bonds is 5. The molecule has 0 saturated heterocycles. The van der Waals surface area contributed by atoms with E-state index in [4.69, 9.17) is 9.47 Å². The lowest BCUT2D eigenvalue weighted by Gasteiger charge is -2.10. The zero-order valence-electron chi connectivity index (χ0n) is 10.4. The van der Waals surface area contributed by atoms with Crippen LogP contribution in [-0.4, -0.2) is 13.7 Å². The Hall–Kier alpha value is -2.22. The zero-order chi connectivity index (χ0) is 12.8. The summed E-state index contributed by atoms with van der Waals surface area (Å²) in [7, 11) is 1.66. The first kappa shape index (κ1) is 12.2. The molecule has 18 heavy (non-hydrogen) atoms. The Morgan fingerprint density at radius 3 is 2.44 bits per heavy atom. The molecule has 0 amide bonds. The van der Waals surface area contributed by atoms with Crippen molar-refractivity contribution in [1.29, 1.82) is 0 Å². The molecule has 0 radical (unpaired) electrons. The standard InChI is InChI=1S/C16H16O2/c1-3-12-18-16-7-5-4-6-15(16)13-8-10-14(17-2)11-9-13/h3-11H,1,12H2,2H3. The Morgan fingerprint density at radius 2 is 1.78 bits per heavy atom. The van der Waals surface area contributed by atoms with Crippen molar-refractivity contribution in [3.05, 3.63) is 61.2 Å². The Labute approximate surface area is 107 Å². The summed E-state index contributed by atoms with van der Waals surface area (Å²) in [6, 6.07) is 15.9. The normalized spacial score (nSPS) is 9.83. The van der Waals surface area contributed by atoms with Gasteiger partial charge >= 0.3 is 0 Å².